The van der Waals surface area contributed by atoms with Crippen LogP contribution in [0.1, 0.15) is 41.6 Å². The van der Waals surface area contributed by atoms with E-state index >= 15 is 0 Å². The molecule has 0 aromatic heterocycles. The van der Waals surface area contributed by atoms with Gasteiger partial charge in [-0.1, -0.05) is 42.8 Å². The molecule has 1 unspecified atom stereocenters. The Morgan fingerprint density at radius 1 is 1.19 bits per heavy atom. The Bertz CT molecular complexity index is 625. The second-order valence-corrected chi connectivity index (χ2v) is 6.61. The number of hydrogen-bond acceptors (Lipinski definition) is 1. The molecule has 2 rings (SSSR count). The highest BCUT2D eigenvalue weighted by Crippen LogP contribution is 2.31. The number of rotatable bonds is 5. The maximum Gasteiger partial charge on any atom is 0.0579 e. The first-order valence-corrected chi connectivity index (χ1v) is 8.46. The Balaban J connectivity index is 2.47. The van der Waals surface area contributed by atoms with Crippen molar-refractivity contribution in [3.63, 3.8) is 0 Å². The predicted molar refractivity (Wildman–Crippen MR) is 95.2 cm³/mol. The summed E-state index contributed by atoms with van der Waals surface area (Å²) in [4.78, 5) is 0. The quantitative estimate of drug-likeness (QED) is 0.704. The fraction of sp³-hybridized carbons (Fsp3) is 0.333. The van der Waals surface area contributed by atoms with Gasteiger partial charge in [0.25, 0.3) is 0 Å². The van der Waals surface area contributed by atoms with Crippen molar-refractivity contribution in [2.75, 3.05) is 6.54 Å². The number of nitrogens with one attached hydrogen (secondary N) is 1. The van der Waals surface area contributed by atoms with Crippen molar-refractivity contribution in [2.24, 2.45) is 0 Å². The molecule has 1 atom stereocenters. The molecule has 0 saturated heterocycles. The van der Waals surface area contributed by atoms with E-state index in [-0.39, 0.29) is 6.04 Å². The van der Waals surface area contributed by atoms with Gasteiger partial charge >= 0.3 is 0 Å². The normalized spacial score (nSPS) is 12.4. The summed E-state index contributed by atoms with van der Waals surface area (Å²) < 4.78 is 0.933. The van der Waals surface area contributed by atoms with Crippen LogP contribution in [0.4, 0.5) is 0 Å². The van der Waals surface area contributed by atoms with Crippen LogP contribution in [0.5, 0.6) is 0 Å². The third-order valence-corrected chi connectivity index (χ3v) is 5.07. The van der Waals surface area contributed by atoms with E-state index in [1.54, 1.807) is 0 Å². The van der Waals surface area contributed by atoms with Gasteiger partial charge in [0.2, 0.25) is 0 Å². The summed E-state index contributed by atoms with van der Waals surface area (Å²) in [5, 5.41) is 4.39. The Hall–Kier alpha value is -0.830. The first kappa shape index (κ1) is 16.5. The average Bonchev–Trinajstić information content (AvgIpc) is 2.47. The zero-order valence-corrected chi connectivity index (χ0v) is 15.1. The molecule has 0 spiro atoms. The lowest BCUT2D eigenvalue weighted by atomic mass is 9.92. The minimum atomic E-state index is 0.176. The standard InChI is InChI=1S/C18H21BrClN/c1-4-10-21-18(14-8-9-16(19)17(20)11-14)15-7-5-6-12(2)13(15)3/h5-9,11,18,21H,4,10H2,1-3H3. The van der Waals surface area contributed by atoms with Gasteiger partial charge in [-0.15, -0.1) is 0 Å². The fourth-order valence-corrected chi connectivity index (χ4v) is 2.91. The molecule has 0 fully saturated rings. The summed E-state index contributed by atoms with van der Waals surface area (Å²) in [5.74, 6) is 0. The molecule has 0 radical (unpaired) electrons. The fourth-order valence-electron chi connectivity index (χ4n) is 2.47. The van der Waals surface area contributed by atoms with Gasteiger partial charge in [-0.05, 0) is 77.1 Å². The third kappa shape index (κ3) is 3.88. The van der Waals surface area contributed by atoms with Crippen LogP contribution >= 0.6 is 27.5 Å². The molecule has 0 aliphatic rings. The molecule has 3 heteroatoms. The van der Waals surface area contributed by atoms with Gasteiger partial charge in [0, 0.05) is 4.47 Å². The Kier molecular flexibility index (Phi) is 5.86. The largest absolute Gasteiger partial charge is 0.306 e. The van der Waals surface area contributed by atoms with Gasteiger partial charge in [0.05, 0.1) is 11.1 Å². The molecule has 0 aliphatic carbocycles. The molecular formula is C18H21BrClN. The second kappa shape index (κ2) is 7.44. The van der Waals surface area contributed by atoms with Gasteiger partial charge < -0.3 is 5.32 Å². The summed E-state index contributed by atoms with van der Waals surface area (Å²) in [6.07, 6.45) is 1.10. The molecule has 0 aliphatic heterocycles. The van der Waals surface area contributed by atoms with Crippen molar-refractivity contribution in [1.82, 2.24) is 5.32 Å². The van der Waals surface area contributed by atoms with E-state index in [0.717, 1.165) is 22.5 Å². The highest BCUT2D eigenvalue weighted by molar-refractivity contribution is 9.10. The van der Waals surface area contributed by atoms with Gasteiger partial charge in [-0.2, -0.15) is 0 Å². The van der Waals surface area contributed by atoms with Crippen LogP contribution in [0.2, 0.25) is 5.02 Å². The van der Waals surface area contributed by atoms with Crippen molar-refractivity contribution in [1.29, 1.82) is 0 Å². The van der Waals surface area contributed by atoms with Crippen LogP contribution in [0.25, 0.3) is 0 Å². The van der Waals surface area contributed by atoms with Crippen molar-refractivity contribution in [2.45, 2.75) is 33.2 Å². The zero-order valence-electron chi connectivity index (χ0n) is 12.7. The van der Waals surface area contributed by atoms with Crippen LogP contribution in [0.15, 0.2) is 40.9 Å². The third-order valence-electron chi connectivity index (χ3n) is 3.83. The van der Waals surface area contributed by atoms with Crippen molar-refractivity contribution in [3.8, 4) is 0 Å². The lowest BCUT2D eigenvalue weighted by molar-refractivity contribution is 0.596. The van der Waals surface area contributed by atoms with E-state index in [4.69, 9.17) is 11.6 Å². The highest BCUT2D eigenvalue weighted by Gasteiger charge is 2.17. The molecule has 112 valence electrons. The van der Waals surface area contributed by atoms with Crippen LogP contribution in [-0.4, -0.2) is 6.54 Å². The summed E-state index contributed by atoms with van der Waals surface area (Å²) >= 11 is 9.74. The minimum Gasteiger partial charge on any atom is -0.306 e. The molecule has 2 aromatic rings. The van der Waals surface area contributed by atoms with E-state index in [2.05, 4.69) is 66.3 Å². The molecule has 0 bridgehead atoms. The summed E-state index contributed by atoms with van der Waals surface area (Å²) in [5.41, 5.74) is 5.18. The maximum absolute atomic E-state index is 6.28. The molecule has 0 saturated carbocycles. The van der Waals surface area contributed by atoms with Gasteiger partial charge in [0.15, 0.2) is 0 Å². The Labute approximate surface area is 140 Å². The van der Waals surface area contributed by atoms with E-state index in [1.165, 1.54) is 22.3 Å². The Morgan fingerprint density at radius 2 is 1.95 bits per heavy atom. The average molecular weight is 367 g/mol. The SMILES string of the molecule is CCCNC(c1ccc(Br)c(Cl)c1)c1cccc(C)c1C. The summed E-state index contributed by atoms with van der Waals surface area (Å²) in [6.45, 7) is 7.50. The smallest absolute Gasteiger partial charge is 0.0579 e. The van der Waals surface area contributed by atoms with E-state index < -0.39 is 0 Å². The topological polar surface area (TPSA) is 12.0 Å². The summed E-state index contributed by atoms with van der Waals surface area (Å²) in [7, 11) is 0. The first-order chi connectivity index (χ1) is 10.0. The zero-order chi connectivity index (χ0) is 15.4. The van der Waals surface area contributed by atoms with Crippen LogP contribution in [-0.2, 0) is 0 Å². The van der Waals surface area contributed by atoms with E-state index in [1.807, 2.05) is 12.1 Å². The molecule has 2 aromatic carbocycles. The molecule has 0 amide bonds. The van der Waals surface area contributed by atoms with Crippen molar-refractivity contribution in [3.05, 3.63) is 68.1 Å². The molecule has 1 N–H and O–H groups in total. The van der Waals surface area contributed by atoms with Crippen LogP contribution in [0.3, 0.4) is 0 Å². The molecule has 0 heterocycles. The van der Waals surface area contributed by atoms with E-state index in [0.29, 0.717) is 0 Å². The van der Waals surface area contributed by atoms with Gasteiger partial charge in [-0.3, -0.25) is 0 Å². The maximum atomic E-state index is 6.28. The Morgan fingerprint density at radius 3 is 2.62 bits per heavy atom. The lowest BCUT2D eigenvalue weighted by Crippen LogP contribution is -2.24. The van der Waals surface area contributed by atoms with Gasteiger partial charge in [-0.25, -0.2) is 0 Å². The summed E-state index contributed by atoms with van der Waals surface area (Å²) in [6, 6.07) is 12.8. The second-order valence-electron chi connectivity index (χ2n) is 5.35. The van der Waals surface area contributed by atoms with E-state index in [9.17, 15) is 0 Å². The van der Waals surface area contributed by atoms with Crippen molar-refractivity contribution >= 4 is 27.5 Å². The molecular weight excluding hydrogens is 346 g/mol. The number of aryl methyl sites for hydroxylation is 1. The first-order valence-electron chi connectivity index (χ1n) is 7.29. The molecule has 21 heavy (non-hydrogen) atoms. The monoisotopic (exact) mass is 365 g/mol. The van der Waals surface area contributed by atoms with Gasteiger partial charge in [0.1, 0.15) is 0 Å². The van der Waals surface area contributed by atoms with Crippen LogP contribution in [0, 0.1) is 13.8 Å². The predicted octanol–water partition coefficient (Wildman–Crippen LogP) is 5.81. The lowest BCUT2D eigenvalue weighted by Gasteiger charge is -2.23. The molecule has 1 nitrogen and oxygen atoms in total. The minimum absolute atomic E-state index is 0.176. The number of benzene rings is 2. The number of halogens is 2. The van der Waals surface area contributed by atoms with Crippen molar-refractivity contribution < 1.29 is 0 Å². The number of hydrogen-bond donors (Lipinski definition) is 1. The highest BCUT2D eigenvalue weighted by atomic mass is 79.9. The van der Waals surface area contributed by atoms with Crippen LogP contribution < -0.4 is 5.32 Å².